The van der Waals surface area contributed by atoms with Crippen molar-refractivity contribution in [1.82, 2.24) is 14.7 Å². The molecular weight excluding hydrogens is 360 g/mol. The number of nitrogens with two attached hydrogens (primary N) is 1. The van der Waals surface area contributed by atoms with E-state index in [0.717, 1.165) is 56.3 Å². The molecular formula is C21H29ClN4O. The standard InChI is InChI=1S/C21H28N4O.ClH/c1-14-9-11-16(12-10-14)25-19-8-5-6-17(19)20(23-25)21(26)24-13-4-3-7-18(24)15(2)22;/h9-12,15,18H,3-8,13,22H2,1-2H3;1H. The number of benzene rings is 1. The van der Waals surface area contributed by atoms with Crippen LogP contribution in [0.2, 0.25) is 0 Å². The molecule has 1 aliphatic carbocycles. The van der Waals surface area contributed by atoms with Gasteiger partial charge in [0.05, 0.1) is 5.69 Å². The number of halogens is 1. The summed E-state index contributed by atoms with van der Waals surface area (Å²) in [6.45, 7) is 4.87. The van der Waals surface area contributed by atoms with Crippen LogP contribution in [0.3, 0.4) is 0 Å². The Hall–Kier alpha value is -1.85. The lowest BCUT2D eigenvalue weighted by molar-refractivity contribution is 0.0576. The molecule has 0 radical (unpaired) electrons. The molecule has 2 aliphatic rings. The van der Waals surface area contributed by atoms with E-state index in [2.05, 4.69) is 31.2 Å². The van der Waals surface area contributed by atoms with Gasteiger partial charge in [0.25, 0.3) is 5.91 Å². The highest BCUT2D eigenvalue weighted by Crippen LogP contribution is 2.30. The maximum Gasteiger partial charge on any atom is 0.274 e. The van der Waals surface area contributed by atoms with E-state index < -0.39 is 0 Å². The maximum atomic E-state index is 13.4. The largest absolute Gasteiger partial charge is 0.333 e. The van der Waals surface area contributed by atoms with Crippen LogP contribution in [-0.2, 0) is 12.8 Å². The summed E-state index contributed by atoms with van der Waals surface area (Å²) in [6.07, 6.45) is 6.21. The van der Waals surface area contributed by atoms with Gasteiger partial charge in [-0.25, -0.2) is 4.68 Å². The Morgan fingerprint density at radius 1 is 1.19 bits per heavy atom. The lowest BCUT2D eigenvalue weighted by atomic mass is 9.96. The molecule has 1 aromatic carbocycles. The van der Waals surface area contributed by atoms with Crippen LogP contribution in [0.25, 0.3) is 5.69 Å². The molecule has 2 heterocycles. The van der Waals surface area contributed by atoms with Gasteiger partial charge < -0.3 is 10.6 Å². The molecule has 0 spiro atoms. The van der Waals surface area contributed by atoms with Gasteiger partial charge in [0.1, 0.15) is 0 Å². The molecule has 1 aliphatic heterocycles. The van der Waals surface area contributed by atoms with Gasteiger partial charge >= 0.3 is 0 Å². The van der Waals surface area contributed by atoms with Crippen molar-refractivity contribution in [1.29, 1.82) is 0 Å². The second-order valence-corrected chi connectivity index (χ2v) is 7.80. The number of carbonyl (C=O) groups is 1. The molecule has 0 saturated carbocycles. The van der Waals surface area contributed by atoms with Gasteiger partial charge in [0.2, 0.25) is 0 Å². The average Bonchev–Trinajstić information content (AvgIpc) is 3.24. The molecule has 1 aromatic heterocycles. The quantitative estimate of drug-likeness (QED) is 0.875. The van der Waals surface area contributed by atoms with Crippen LogP contribution in [0.1, 0.15) is 59.9 Å². The normalized spacial score (nSPS) is 20.1. The third-order valence-corrected chi connectivity index (χ3v) is 5.83. The molecule has 6 heteroatoms. The SMILES string of the molecule is Cc1ccc(-n2nc(C(=O)N3CCCCC3C(C)N)c3c2CCC3)cc1.Cl. The molecule has 2 aromatic rings. The average molecular weight is 389 g/mol. The zero-order valence-electron chi connectivity index (χ0n) is 16.1. The fourth-order valence-corrected chi connectivity index (χ4v) is 4.40. The topological polar surface area (TPSA) is 64.2 Å². The first kappa shape index (κ1) is 19.9. The number of fused-ring (bicyclic) bond motifs is 1. The summed E-state index contributed by atoms with van der Waals surface area (Å²) in [5.74, 6) is 0.0658. The fourth-order valence-electron chi connectivity index (χ4n) is 4.40. The first-order valence-corrected chi connectivity index (χ1v) is 9.80. The highest BCUT2D eigenvalue weighted by atomic mass is 35.5. The Bertz CT molecular complexity index is 812. The first-order chi connectivity index (χ1) is 12.6. The lowest BCUT2D eigenvalue weighted by Crippen LogP contribution is -2.51. The lowest BCUT2D eigenvalue weighted by Gasteiger charge is -2.37. The number of aryl methyl sites for hydroxylation is 1. The molecule has 2 atom stereocenters. The van der Waals surface area contributed by atoms with Crippen LogP contribution in [-0.4, -0.2) is 39.2 Å². The third kappa shape index (κ3) is 3.63. The van der Waals surface area contributed by atoms with Gasteiger partial charge in [0.15, 0.2) is 5.69 Å². The van der Waals surface area contributed by atoms with E-state index in [4.69, 9.17) is 10.8 Å². The van der Waals surface area contributed by atoms with Crippen LogP contribution in [0.5, 0.6) is 0 Å². The Morgan fingerprint density at radius 2 is 1.93 bits per heavy atom. The van der Waals surface area contributed by atoms with E-state index in [-0.39, 0.29) is 30.4 Å². The number of aromatic nitrogens is 2. The number of amides is 1. The zero-order chi connectivity index (χ0) is 18.3. The summed E-state index contributed by atoms with van der Waals surface area (Å²) in [6, 6.07) is 8.47. The van der Waals surface area contributed by atoms with Gasteiger partial charge in [-0.1, -0.05) is 17.7 Å². The van der Waals surface area contributed by atoms with Crippen LogP contribution in [0, 0.1) is 6.92 Å². The van der Waals surface area contributed by atoms with E-state index in [0.29, 0.717) is 5.69 Å². The summed E-state index contributed by atoms with van der Waals surface area (Å²) >= 11 is 0. The summed E-state index contributed by atoms with van der Waals surface area (Å²) in [5.41, 5.74) is 11.4. The van der Waals surface area contributed by atoms with Gasteiger partial charge in [-0.2, -0.15) is 5.10 Å². The van der Waals surface area contributed by atoms with E-state index in [1.807, 2.05) is 16.5 Å². The summed E-state index contributed by atoms with van der Waals surface area (Å²) in [5, 5.41) is 4.79. The molecule has 146 valence electrons. The number of likely N-dealkylation sites (tertiary alicyclic amines) is 1. The third-order valence-electron chi connectivity index (χ3n) is 5.83. The van der Waals surface area contributed by atoms with Crippen molar-refractivity contribution in [2.75, 3.05) is 6.54 Å². The van der Waals surface area contributed by atoms with Crippen LogP contribution in [0.4, 0.5) is 0 Å². The second kappa shape index (κ2) is 8.03. The van der Waals surface area contributed by atoms with E-state index in [9.17, 15) is 4.79 Å². The fraction of sp³-hybridized carbons (Fsp3) is 0.524. The zero-order valence-corrected chi connectivity index (χ0v) is 17.0. The minimum absolute atomic E-state index is 0. The first-order valence-electron chi connectivity index (χ1n) is 9.80. The van der Waals surface area contributed by atoms with Crippen LogP contribution in [0.15, 0.2) is 24.3 Å². The molecule has 27 heavy (non-hydrogen) atoms. The molecule has 2 N–H and O–H groups in total. The summed E-state index contributed by atoms with van der Waals surface area (Å²) in [7, 11) is 0. The number of hydrogen-bond acceptors (Lipinski definition) is 3. The molecule has 1 saturated heterocycles. The van der Waals surface area contributed by atoms with Gasteiger partial charge in [-0.05, 0) is 64.5 Å². The van der Waals surface area contributed by atoms with Crippen molar-refractivity contribution >= 4 is 18.3 Å². The molecule has 5 nitrogen and oxygen atoms in total. The van der Waals surface area contributed by atoms with E-state index in [1.54, 1.807) is 0 Å². The Kier molecular flexibility index (Phi) is 5.92. The highest BCUT2D eigenvalue weighted by molar-refractivity contribution is 5.94. The number of carbonyl (C=O) groups excluding carboxylic acids is 1. The van der Waals surface area contributed by atoms with Crippen LogP contribution >= 0.6 is 12.4 Å². The van der Waals surface area contributed by atoms with Gasteiger partial charge in [-0.15, -0.1) is 12.4 Å². The predicted molar refractivity (Wildman–Crippen MR) is 110 cm³/mol. The molecule has 0 bridgehead atoms. The van der Waals surface area contributed by atoms with Crippen molar-refractivity contribution < 1.29 is 4.79 Å². The maximum absolute atomic E-state index is 13.4. The van der Waals surface area contributed by atoms with E-state index in [1.165, 1.54) is 11.3 Å². The second-order valence-electron chi connectivity index (χ2n) is 7.80. The number of rotatable bonds is 3. The Balaban J connectivity index is 0.00000210. The van der Waals surface area contributed by atoms with Crippen molar-refractivity contribution in [2.45, 2.75) is 64.5 Å². The van der Waals surface area contributed by atoms with Crippen LogP contribution < -0.4 is 5.73 Å². The Labute approximate surface area is 167 Å². The van der Waals surface area contributed by atoms with Crippen molar-refractivity contribution in [3.05, 3.63) is 46.8 Å². The molecule has 1 amide bonds. The van der Waals surface area contributed by atoms with Gasteiger partial charge in [-0.3, -0.25) is 4.79 Å². The summed E-state index contributed by atoms with van der Waals surface area (Å²) in [4.78, 5) is 15.3. The molecule has 2 unspecified atom stereocenters. The molecule has 1 fully saturated rings. The van der Waals surface area contributed by atoms with Crippen molar-refractivity contribution in [2.24, 2.45) is 5.73 Å². The highest BCUT2D eigenvalue weighted by Gasteiger charge is 2.34. The predicted octanol–water partition coefficient (Wildman–Crippen LogP) is 3.43. The van der Waals surface area contributed by atoms with Crippen molar-refractivity contribution in [3.8, 4) is 5.69 Å². The Morgan fingerprint density at radius 3 is 2.63 bits per heavy atom. The smallest absolute Gasteiger partial charge is 0.274 e. The summed E-state index contributed by atoms with van der Waals surface area (Å²) < 4.78 is 1.99. The number of nitrogens with zero attached hydrogens (tertiary/aromatic N) is 3. The van der Waals surface area contributed by atoms with Gasteiger partial charge in [0, 0.05) is 29.9 Å². The number of piperidine rings is 1. The minimum Gasteiger partial charge on any atom is -0.333 e. The monoisotopic (exact) mass is 388 g/mol. The van der Waals surface area contributed by atoms with Crippen molar-refractivity contribution in [3.63, 3.8) is 0 Å². The molecule has 4 rings (SSSR count). The number of hydrogen-bond donors (Lipinski definition) is 1. The minimum atomic E-state index is -0.00789. The van der Waals surface area contributed by atoms with E-state index >= 15 is 0 Å².